The first kappa shape index (κ1) is 8.11. The van der Waals surface area contributed by atoms with Crippen LogP contribution in [0.15, 0.2) is 49.2 Å². The van der Waals surface area contributed by atoms with Crippen molar-refractivity contribution in [2.45, 2.75) is 0 Å². The molecule has 0 amide bonds. The molecule has 3 aromatic heterocycles. The van der Waals surface area contributed by atoms with Gasteiger partial charge in [-0.2, -0.15) is 5.10 Å². The van der Waals surface area contributed by atoms with Crippen molar-refractivity contribution in [3.8, 4) is 11.3 Å². The van der Waals surface area contributed by atoms with Gasteiger partial charge in [-0.05, 0) is 18.2 Å². The summed E-state index contributed by atoms with van der Waals surface area (Å²) in [6, 6.07) is 5.83. The number of aromatic nitrogens is 4. The lowest BCUT2D eigenvalue weighted by Gasteiger charge is -2.01. The molecule has 3 heterocycles. The van der Waals surface area contributed by atoms with E-state index in [1.807, 2.05) is 28.9 Å². The van der Waals surface area contributed by atoms with Crippen molar-refractivity contribution in [3.63, 3.8) is 0 Å². The molecule has 0 fully saturated rings. The van der Waals surface area contributed by atoms with Crippen molar-refractivity contribution in [2.24, 2.45) is 0 Å². The molecule has 0 aromatic carbocycles. The van der Waals surface area contributed by atoms with Gasteiger partial charge >= 0.3 is 0 Å². The Morgan fingerprint density at radius 2 is 1.80 bits per heavy atom. The van der Waals surface area contributed by atoms with Crippen molar-refractivity contribution in [1.82, 2.24) is 19.6 Å². The monoisotopic (exact) mass is 196 g/mol. The van der Waals surface area contributed by atoms with Crippen LogP contribution in [0.4, 0.5) is 0 Å². The van der Waals surface area contributed by atoms with Crippen molar-refractivity contribution < 1.29 is 0 Å². The third-order valence-corrected chi connectivity index (χ3v) is 2.28. The van der Waals surface area contributed by atoms with Crippen molar-refractivity contribution in [1.29, 1.82) is 0 Å². The van der Waals surface area contributed by atoms with E-state index in [4.69, 9.17) is 0 Å². The molecule has 4 nitrogen and oxygen atoms in total. The Morgan fingerprint density at radius 1 is 0.933 bits per heavy atom. The number of hydrogen-bond donors (Lipinski definition) is 0. The summed E-state index contributed by atoms with van der Waals surface area (Å²) in [6.07, 6.45) is 8.87. The van der Waals surface area contributed by atoms with Crippen molar-refractivity contribution in [3.05, 3.63) is 49.2 Å². The molecule has 0 aliphatic rings. The Kier molecular flexibility index (Phi) is 1.71. The molecule has 72 valence electrons. The number of rotatable bonds is 1. The lowest BCUT2D eigenvalue weighted by molar-refractivity contribution is 0.948. The highest BCUT2D eigenvalue weighted by Crippen LogP contribution is 2.20. The molecule has 0 radical (unpaired) electrons. The number of pyridine rings is 1. The van der Waals surface area contributed by atoms with Gasteiger partial charge in [0.1, 0.15) is 0 Å². The van der Waals surface area contributed by atoms with Gasteiger partial charge in [-0.3, -0.25) is 9.97 Å². The standard InChI is InChI=1S/C11H8N4/c1-4-12-5-2-9(1)11-10-3-6-14-15(10)8-7-13-11/h1-8H. The third-order valence-electron chi connectivity index (χ3n) is 2.28. The second-order valence-corrected chi connectivity index (χ2v) is 3.17. The van der Waals surface area contributed by atoms with Crippen LogP contribution in [0.2, 0.25) is 0 Å². The van der Waals surface area contributed by atoms with Crippen LogP contribution in [0.3, 0.4) is 0 Å². The maximum atomic E-state index is 4.36. The maximum Gasteiger partial charge on any atom is 0.0961 e. The van der Waals surface area contributed by atoms with Crippen LogP contribution < -0.4 is 0 Å². The molecule has 0 saturated heterocycles. The van der Waals surface area contributed by atoms with Gasteiger partial charge in [0, 0.05) is 30.4 Å². The molecule has 0 aliphatic carbocycles. The zero-order valence-electron chi connectivity index (χ0n) is 7.91. The van der Waals surface area contributed by atoms with Crippen LogP contribution in [-0.2, 0) is 0 Å². The molecule has 0 unspecified atom stereocenters. The normalized spacial score (nSPS) is 10.7. The van der Waals surface area contributed by atoms with Gasteiger partial charge in [0.15, 0.2) is 0 Å². The van der Waals surface area contributed by atoms with E-state index in [0.29, 0.717) is 0 Å². The van der Waals surface area contributed by atoms with E-state index >= 15 is 0 Å². The first-order chi connectivity index (χ1) is 7.45. The van der Waals surface area contributed by atoms with Gasteiger partial charge in [-0.25, -0.2) is 4.52 Å². The molecule has 0 spiro atoms. The lowest BCUT2D eigenvalue weighted by Crippen LogP contribution is -1.91. The van der Waals surface area contributed by atoms with Crippen LogP contribution in [0.25, 0.3) is 16.8 Å². The summed E-state index contributed by atoms with van der Waals surface area (Å²) < 4.78 is 1.81. The van der Waals surface area contributed by atoms with Crippen LogP contribution in [0, 0.1) is 0 Å². The molecule has 3 aromatic rings. The Labute approximate surface area is 86.2 Å². The fraction of sp³-hybridized carbons (Fsp3) is 0. The summed E-state index contributed by atoms with van der Waals surface area (Å²) in [5.74, 6) is 0. The van der Waals surface area contributed by atoms with E-state index in [-0.39, 0.29) is 0 Å². The zero-order chi connectivity index (χ0) is 10.1. The Balaban J connectivity index is 2.31. The first-order valence-electron chi connectivity index (χ1n) is 4.64. The van der Waals surface area contributed by atoms with Gasteiger partial charge < -0.3 is 0 Å². The van der Waals surface area contributed by atoms with Crippen molar-refractivity contribution >= 4 is 5.52 Å². The van der Waals surface area contributed by atoms with Gasteiger partial charge in [0.2, 0.25) is 0 Å². The molecule has 15 heavy (non-hydrogen) atoms. The summed E-state index contributed by atoms with van der Waals surface area (Å²) in [7, 11) is 0. The Morgan fingerprint density at radius 3 is 2.67 bits per heavy atom. The highest BCUT2D eigenvalue weighted by molar-refractivity contribution is 5.75. The molecule has 0 N–H and O–H groups in total. The Hall–Kier alpha value is -2.23. The quantitative estimate of drug-likeness (QED) is 0.596. The summed E-state index contributed by atoms with van der Waals surface area (Å²) in [5.41, 5.74) is 2.98. The van der Waals surface area contributed by atoms with Gasteiger partial charge in [0.05, 0.1) is 17.4 Å². The number of hydrogen-bond acceptors (Lipinski definition) is 3. The third kappa shape index (κ3) is 1.27. The summed E-state index contributed by atoms with van der Waals surface area (Å²) in [5, 5.41) is 4.17. The van der Waals surface area contributed by atoms with Crippen LogP contribution >= 0.6 is 0 Å². The van der Waals surface area contributed by atoms with Crippen molar-refractivity contribution in [2.75, 3.05) is 0 Å². The lowest BCUT2D eigenvalue weighted by atomic mass is 10.2. The van der Waals surface area contributed by atoms with Gasteiger partial charge in [-0.1, -0.05) is 0 Å². The molecule has 0 saturated carbocycles. The van der Waals surface area contributed by atoms with Crippen LogP contribution in [-0.4, -0.2) is 19.6 Å². The average Bonchev–Trinajstić information content (AvgIpc) is 2.78. The molecule has 0 aliphatic heterocycles. The second kappa shape index (κ2) is 3.16. The predicted molar refractivity (Wildman–Crippen MR) is 56.2 cm³/mol. The highest BCUT2D eigenvalue weighted by atomic mass is 15.2. The fourth-order valence-corrected chi connectivity index (χ4v) is 1.59. The first-order valence-corrected chi connectivity index (χ1v) is 4.64. The van der Waals surface area contributed by atoms with E-state index in [2.05, 4.69) is 15.1 Å². The molecule has 3 rings (SSSR count). The predicted octanol–water partition coefficient (Wildman–Crippen LogP) is 1.79. The Bertz CT molecular complexity index is 586. The fourth-order valence-electron chi connectivity index (χ4n) is 1.59. The van der Waals surface area contributed by atoms with E-state index < -0.39 is 0 Å². The smallest absolute Gasteiger partial charge is 0.0961 e. The second-order valence-electron chi connectivity index (χ2n) is 3.17. The summed E-state index contributed by atoms with van der Waals surface area (Å²) in [4.78, 5) is 8.35. The van der Waals surface area contributed by atoms with Gasteiger partial charge in [-0.15, -0.1) is 0 Å². The molecular formula is C11H8N4. The number of fused-ring (bicyclic) bond motifs is 1. The van der Waals surface area contributed by atoms with Gasteiger partial charge in [0.25, 0.3) is 0 Å². The minimum Gasteiger partial charge on any atom is -0.265 e. The topological polar surface area (TPSA) is 43.1 Å². The van der Waals surface area contributed by atoms with E-state index in [1.165, 1.54) is 0 Å². The summed E-state index contributed by atoms with van der Waals surface area (Å²) >= 11 is 0. The maximum absolute atomic E-state index is 4.36. The molecular weight excluding hydrogens is 188 g/mol. The highest BCUT2D eigenvalue weighted by Gasteiger charge is 2.04. The molecule has 0 bridgehead atoms. The van der Waals surface area contributed by atoms with E-state index in [9.17, 15) is 0 Å². The molecule has 0 atom stereocenters. The van der Waals surface area contributed by atoms with Crippen LogP contribution in [0.5, 0.6) is 0 Å². The van der Waals surface area contributed by atoms with E-state index in [1.54, 1.807) is 24.8 Å². The average molecular weight is 196 g/mol. The van der Waals surface area contributed by atoms with Crippen LogP contribution in [0.1, 0.15) is 0 Å². The minimum absolute atomic E-state index is 0.928. The van der Waals surface area contributed by atoms with E-state index in [0.717, 1.165) is 16.8 Å². The largest absolute Gasteiger partial charge is 0.265 e. The minimum atomic E-state index is 0.928. The number of nitrogens with zero attached hydrogens (tertiary/aromatic N) is 4. The molecule has 4 heteroatoms. The summed E-state index contributed by atoms with van der Waals surface area (Å²) in [6.45, 7) is 0. The SMILES string of the molecule is c1cc(-c2nccn3nccc23)ccn1. The zero-order valence-corrected chi connectivity index (χ0v) is 7.91.